The average Bonchev–Trinajstić information content (AvgIpc) is 3.41. The second-order valence-corrected chi connectivity index (χ2v) is 9.96. The number of carbonyl (C=O) groups is 3. The summed E-state index contributed by atoms with van der Waals surface area (Å²) in [4.78, 5) is 42.2. The van der Waals surface area contributed by atoms with Gasteiger partial charge in [0.15, 0.2) is 0 Å². The first kappa shape index (κ1) is 22.6. The second kappa shape index (κ2) is 8.69. The molecule has 6 rings (SSSR count). The molecule has 4 aromatic rings. The topological polar surface area (TPSA) is 70.1 Å². The Hall–Kier alpha value is -3.81. The number of rotatable bonds is 4. The van der Waals surface area contributed by atoms with E-state index in [0.29, 0.717) is 22.0 Å². The van der Waals surface area contributed by atoms with E-state index in [0.717, 1.165) is 20.1 Å². The van der Waals surface area contributed by atoms with Gasteiger partial charge in [0.2, 0.25) is 11.7 Å². The van der Waals surface area contributed by atoms with Gasteiger partial charge in [-0.25, -0.2) is 4.90 Å². The number of fused-ring (bicyclic) bond motifs is 2. The second-order valence-electron chi connectivity index (χ2n) is 8.61. The smallest absolute Gasteiger partial charge is 0.259 e. The van der Waals surface area contributed by atoms with Crippen molar-refractivity contribution in [3.63, 3.8) is 0 Å². The number of hydrogen-bond donors (Lipinski definition) is 0. The lowest BCUT2D eigenvalue weighted by Crippen LogP contribution is -2.39. The zero-order chi connectivity index (χ0) is 25.0. The van der Waals surface area contributed by atoms with E-state index in [1.54, 1.807) is 60.7 Å². The number of ketones is 1. The predicted molar refractivity (Wildman–Crippen MR) is 144 cm³/mol. The molecule has 0 aromatic heterocycles. The maximum atomic E-state index is 13.7. The van der Waals surface area contributed by atoms with Crippen molar-refractivity contribution in [1.82, 2.24) is 0 Å². The standard InChI is InChI=1S/C28H17BrClN3O3/c29-19-7-11-21(12-8-19)32-27(35)23-24(26(34)18-6-5-16-3-1-2-4-17(16)15-18)31-33(25(23)28(32)36)22-13-9-20(30)10-14-22/h1-15,23,25H/t23-,25+/m0/s1. The quantitative estimate of drug-likeness (QED) is 0.232. The molecule has 2 heterocycles. The minimum atomic E-state index is -1.03. The van der Waals surface area contributed by atoms with Gasteiger partial charge in [-0.05, 0) is 65.4 Å². The molecule has 36 heavy (non-hydrogen) atoms. The van der Waals surface area contributed by atoms with Gasteiger partial charge in [-0.1, -0.05) is 63.9 Å². The molecule has 6 nitrogen and oxygen atoms in total. The van der Waals surface area contributed by atoms with Crippen LogP contribution >= 0.6 is 27.5 Å². The van der Waals surface area contributed by atoms with Crippen molar-refractivity contribution in [3.8, 4) is 0 Å². The van der Waals surface area contributed by atoms with E-state index in [9.17, 15) is 14.4 Å². The molecule has 2 amide bonds. The minimum absolute atomic E-state index is 0.0446. The van der Waals surface area contributed by atoms with Crippen molar-refractivity contribution in [2.75, 3.05) is 9.91 Å². The summed E-state index contributed by atoms with van der Waals surface area (Å²) < 4.78 is 0.821. The molecule has 1 saturated heterocycles. The van der Waals surface area contributed by atoms with E-state index in [1.807, 2.05) is 30.3 Å². The largest absolute Gasteiger partial charge is 0.287 e. The van der Waals surface area contributed by atoms with Crippen LogP contribution in [0.5, 0.6) is 0 Å². The van der Waals surface area contributed by atoms with Crippen molar-refractivity contribution in [2.45, 2.75) is 6.04 Å². The van der Waals surface area contributed by atoms with E-state index in [-0.39, 0.29) is 11.5 Å². The molecule has 0 saturated carbocycles. The third-order valence-corrected chi connectivity index (χ3v) is 7.25. The molecule has 0 radical (unpaired) electrons. The van der Waals surface area contributed by atoms with Gasteiger partial charge in [-0.3, -0.25) is 19.4 Å². The Morgan fingerprint density at radius 3 is 2.19 bits per heavy atom. The van der Waals surface area contributed by atoms with E-state index in [4.69, 9.17) is 11.6 Å². The Balaban J connectivity index is 1.45. The fourth-order valence-electron chi connectivity index (χ4n) is 4.73. The van der Waals surface area contributed by atoms with Crippen molar-refractivity contribution in [3.05, 3.63) is 106 Å². The van der Waals surface area contributed by atoms with Crippen molar-refractivity contribution in [1.29, 1.82) is 0 Å². The fourth-order valence-corrected chi connectivity index (χ4v) is 5.12. The molecule has 2 aliphatic heterocycles. The van der Waals surface area contributed by atoms with Gasteiger partial charge >= 0.3 is 0 Å². The van der Waals surface area contributed by atoms with Gasteiger partial charge in [0.05, 0.1) is 11.4 Å². The SMILES string of the molecule is O=C(C1=NN(c2ccc(Cl)cc2)[C@H]2C(=O)N(c3ccc(Br)cc3)C(=O)[C@@H]12)c1ccc2ccccc2c1. The lowest BCUT2D eigenvalue weighted by atomic mass is 9.91. The van der Waals surface area contributed by atoms with Crippen LogP contribution in [0.15, 0.2) is 101 Å². The number of carbonyl (C=O) groups excluding carboxylic acids is 3. The summed E-state index contributed by atoms with van der Waals surface area (Å²) in [6.07, 6.45) is 0. The number of nitrogens with zero attached hydrogens (tertiary/aromatic N) is 3. The predicted octanol–water partition coefficient (Wildman–Crippen LogP) is 5.87. The number of benzene rings is 4. The molecule has 2 aliphatic rings. The molecule has 0 aliphatic carbocycles. The van der Waals surface area contributed by atoms with Crippen molar-refractivity contribution < 1.29 is 14.4 Å². The number of hydrogen-bond acceptors (Lipinski definition) is 5. The monoisotopic (exact) mass is 557 g/mol. The van der Waals surface area contributed by atoms with Crippen LogP contribution < -0.4 is 9.91 Å². The van der Waals surface area contributed by atoms with E-state index < -0.39 is 23.8 Å². The Morgan fingerprint density at radius 2 is 1.47 bits per heavy atom. The zero-order valence-electron chi connectivity index (χ0n) is 18.6. The van der Waals surface area contributed by atoms with Crippen LogP contribution in [-0.2, 0) is 9.59 Å². The van der Waals surface area contributed by atoms with E-state index in [1.165, 1.54) is 5.01 Å². The molecule has 8 heteroatoms. The normalized spacial score (nSPS) is 19.1. The van der Waals surface area contributed by atoms with Crippen LogP contribution in [0, 0.1) is 5.92 Å². The lowest BCUT2D eigenvalue weighted by molar-refractivity contribution is -0.121. The first-order chi connectivity index (χ1) is 17.4. The van der Waals surface area contributed by atoms with E-state index >= 15 is 0 Å². The Bertz CT molecular complexity index is 1580. The summed E-state index contributed by atoms with van der Waals surface area (Å²) in [7, 11) is 0. The Morgan fingerprint density at radius 1 is 0.806 bits per heavy atom. The van der Waals surface area contributed by atoms with Crippen LogP contribution in [0.4, 0.5) is 11.4 Å². The Labute approximate surface area is 219 Å². The van der Waals surface area contributed by atoms with Crippen molar-refractivity contribution >= 4 is 73.0 Å². The summed E-state index contributed by atoms with van der Waals surface area (Å²) in [6, 6.07) is 25.8. The highest BCUT2D eigenvalue weighted by Crippen LogP contribution is 2.39. The van der Waals surface area contributed by atoms with Gasteiger partial charge in [-0.15, -0.1) is 0 Å². The van der Waals surface area contributed by atoms with Crippen molar-refractivity contribution in [2.24, 2.45) is 11.0 Å². The highest BCUT2D eigenvalue weighted by Gasteiger charge is 2.58. The van der Waals surface area contributed by atoms with Gasteiger partial charge in [0.25, 0.3) is 5.91 Å². The summed E-state index contributed by atoms with van der Waals surface area (Å²) >= 11 is 9.44. The maximum absolute atomic E-state index is 13.7. The summed E-state index contributed by atoms with van der Waals surface area (Å²) in [5.41, 5.74) is 1.46. The first-order valence-electron chi connectivity index (χ1n) is 11.2. The van der Waals surface area contributed by atoms with Crippen LogP contribution in [0.1, 0.15) is 10.4 Å². The maximum Gasteiger partial charge on any atom is 0.259 e. The van der Waals surface area contributed by atoms with E-state index in [2.05, 4.69) is 21.0 Å². The molecule has 176 valence electrons. The lowest BCUT2D eigenvalue weighted by Gasteiger charge is -2.22. The van der Waals surface area contributed by atoms with Crippen LogP contribution in [0.2, 0.25) is 5.02 Å². The minimum Gasteiger partial charge on any atom is -0.287 e. The number of halogens is 2. The third-order valence-electron chi connectivity index (χ3n) is 6.47. The summed E-state index contributed by atoms with van der Waals surface area (Å²) in [5, 5.41) is 8.44. The van der Waals surface area contributed by atoms with Gasteiger partial charge < -0.3 is 0 Å². The van der Waals surface area contributed by atoms with Gasteiger partial charge in [-0.2, -0.15) is 5.10 Å². The summed E-state index contributed by atoms with van der Waals surface area (Å²) in [6.45, 7) is 0. The number of amides is 2. The number of imide groups is 1. The Kier molecular flexibility index (Phi) is 5.47. The zero-order valence-corrected chi connectivity index (χ0v) is 21.0. The highest BCUT2D eigenvalue weighted by atomic mass is 79.9. The van der Waals surface area contributed by atoms with Crippen LogP contribution in [0.25, 0.3) is 10.8 Å². The molecular formula is C28H17BrClN3O3. The molecule has 2 atom stereocenters. The number of hydrazone groups is 1. The molecule has 0 bridgehead atoms. The molecule has 1 fully saturated rings. The van der Waals surface area contributed by atoms with Gasteiger partial charge in [0, 0.05) is 15.1 Å². The molecule has 4 aromatic carbocycles. The average molecular weight is 559 g/mol. The number of Topliss-reactive ketones (excluding diaryl/α,β-unsaturated/α-hetero) is 1. The summed E-state index contributed by atoms with van der Waals surface area (Å²) in [5.74, 6) is -2.33. The number of anilines is 2. The van der Waals surface area contributed by atoms with Gasteiger partial charge in [0.1, 0.15) is 17.7 Å². The highest BCUT2D eigenvalue weighted by molar-refractivity contribution is 9.10. The first-order valence-corrected chi connectivity index (χ1v) is 12.4. The molecule has 0 spiro atoms. The van der Waals surface area contributed by atoms with Crippen LogP contribution in [-0.4, -0.2) is 29.4 Å². The molecule has 0 N–H and O–H groups in total. The molecule has 0 unspecified atom stereocenters. The third kappa shape index (κ3) is 3.63. The fraction of sp³-hybridized carbons (Fsp3) is 0.0714. The molecular weight excluding hydrogens is 542 g/mol. The van der Waals surface area contributed by atoms with Crippen LogP contribution in [0.3, 0.4) is 0 Å².